The van der Waals surface area contributed by atoms with Crippen LogP contribution < -0.4 is 10.6 Å². The fourth-order valence-corrected chi connectivity index (χ4v) is 2.75. The number of fused-ring (bicyclic) bond motifs is 1. The molecule has 100 valence electrons. The molecular weight excluding hydrogens is 236 g/mol. The average Bonchev–Trinajstić information content (AvgIpc) is 2.81. The molecule has 0 spiro atoms. The molecular formula is C15H20N4. The lowest BCUT2D eigenvalue weighted by Crippen LogP contribution is -2.31. The third-order valence-corrected chi connectivity index (χ3v) is 4.07. The summed E-state index contributed by atoms with van der Waals surface area (Å²) >= 11 is 0. The zero-order valence-corrected chi connectivity index (χ0v) is 11.6. The molecule has 2 N–H and O–H groups in total. The van der Waals surface area contributed by atoms with Crippen LogP contribution in [0.5, 0.6) is 0 Å². The van der Waals surface area contributed by atoms with Crippen LogP contribution in [0, 0.1) is 12.3 Å². The van der Waals surface area contributed by atoms with Gasteiger partial charge in [-0.15, -0.1) is 0 Å². The van der Waals surface area contributed by atoms with Crippen LogP contribution in [-0.4, -0.2) is 29.6 Å². The molecule has 0 aliphatic carbocycles. The predicted molar refractivity (Wildman–Crippen MR) is 78.3 cm³/mol. The van der Waals surface area contributed by atoms with E-state index in [9.17, 15) is 0 Å². The fraction of sp³-hybridized carbons (Fsp3) is 0.467. The minimum Gasteiger partial charge on any atom is -0.354 e. The van der Waals surface area contributed by atoms with Crippen LogP contribution in [0.15, 0.2) is 24.3 Å². The van der Waals surface area contributed by atoms with Gasteiger partial charge in [0.2, 0.25) is 0 Å². The number of hydrogen-bond acceptors (Lipinski definition) is 4. The standard InChI is InChI=1S/C15H20N4/c1-11-14(19-8-7-15(2,9-16)10-19)18-13-6-4-3-5-12(13)17-11/h3-6H,7-10,16H2,1-2H3. The van der Waals surface area contributed by atoms with E-state index in [1.54, 1.807) is 0 Å². The Morgan fingerprint density at radius 1 is 1.26 bits per heavy atom. The number of benzene rings is 1. The van der Waals surface area contributed by atoms with Crippen LogP contribution in [0.25, 0.3) is 11.0 Å². The van der Waals surface area contributed by atoms with Crippen LogP contribution in [0.2, 0.25) is 0 Å². The quantitative estimate of drug-likeness (QED) is 0.894. The van der Waals surface area contributed by atoms with Gasteiger partial charge in [0.1, 0.15) is 0 Å². The van der Waals surface area contributed by atoms with E-state index in [0.29, 0.717) is 0 Å². The summed E-state index contributed by atoms with van der Waals surface area (Å²) in [4.78, 5) is 11.8. The van der Waals surface area contributed by atoms with Gasteiger partial charge in [0.25, 0.3) is 0 Å². The largest absolute Gasteiger partial charge is 0.354 e. The molecule has 19 heavy (non-hydrogen) atoms. The molecule has 1 saturated heterocycles. The number of aryl methyl sites for hydroxylation is 1. The maximum atomic E-state index is 5.87. The maximum absolute atomic E-state index is 5.87. The number of rotatable bonds is 2. The van der Waals surface area contributed by atoms with Gasteiger partial charge in [0.15, 0.2) is 5.82 Å². The smallest absolute Gasteiger partial charge is 0.150 e. The summed E-state index contributed by atoms with van der Waals surface area (Å²) in [5.74, 6) is 1.01. The number of aromatic nitrogens is 2. The summed E-state index contributed by atoms with van der Waals surface area (Å²) in [6.07, 6.45) is 1.12. The minimum atomic E-state index is 0.208. The van der Waals surface area contributed by atoms with Gasteiger partial charge in [0.05, 0.1) is 16.7 Å². The van der Waals surface area contributed by atoms with Gasteiger partial charge < -0.3 is 10.6 Å². The first-order valence-corrected chi connectivity index (χ1v) is 6.80. The van der Waals surface area contributed by atoms with Gasteiger partial charge in [-0.05, 0) is 37.4 Å². The highest BCUT2D eigenvalue weighted by atomic mass is 15.2. The Morgan fingerprint density at radius 3 is 2.58 bits per heavy atom. The highest BCUT2D eigenvalue weighted by molar-refractivity contribution is 5.76. The minimum absolute atomic E-state index is 0.208. The molecule has 0 radical (unpaired) electrons. The van der Waals surface area contributed by atoms with E-state index in [1.165, 1.54) is 0 Å². The van der Waals surface area contributed by atoms with Crippen molar-refractivity contribution in [1.29, 1.82) is 0 Å². The van der Waals surface area contributed by atoms with Gasteiger partial charge in [-0.3, -0.25) is 0 Å². The molecule has 1 atom stereocenters. The van der Waals surface area contributed by atoms with Crippen molar-refractivity contribution in [3.63, 3.8) is 0 Å². The number of anilines is 1. The van der Waals surface area contributed by atoms with Crippen LogP contribution >= 0.6 is 0 Å². The number of nitrogens with two attached hydrogens (primary N) is 1. The van der Waals surface area contributed by atoms with Crippen molar-refractivity contribution in [3.05, 3.63) is 30.0 Å². The first-order chi connectivity index (χ1) is 9.11. The van der Waals surface area contributed by atoms with Crippen molar-refractivity contribution in [1.82, 2.24) is 9.97 Å². The molecule has 1 aliphatic heterocycles. The van der Waals surface area contributed by atoms with Crippen molar-refractivity contribution in [2.45, 2.75) is 20.3 Å². The fourth-order valence-electron chi connectivity index (χ4n) is 2.75. The second-order valence-electron chi connectivity index (χ2n) is 5.81. The second-order valence-corrected chi connectivity index (χ2v) is 5.81. The summed E-state index contributed by atoms with van der Waals surface area (Å²) in [6, 6.07) is 8.03. The molecule has 0 saturated carbocycles. The number of nitrogens with zero attached hydrogens (tertiary/aromatic N) is 3. The van der Waals surface area contributed by atoms with Gasteiger partial charge in [-0.2, -0.15) is 0 Å². The first-order valence-electron chi connectivity index (χ1n) is 6.80. The summed E-state index contributed by atoms with van der Waals surface area (Å²) < 4.78 is 0. The van der Waals surface area contributed by atoms with Gasteiger partial charge in [0, 0.05) is 13.1 Å². The van der Waals surface area contributed by atoms with Crippen LogP contribution in [-0.2, 0) is 0 Å². The van der Waals surface area contributed by atoms with E-state index < -0.39 is 0 Å². The van der Waals surface area contributed by atoms with Crippen molar-refractivity contribution in [3.8, 4) is 0 Å². The third kappa shape index (κ3) is 2.16. The molecule has 2 aromatic rings. The lowest BCUT2D eigenvalue weighted by atomic mass is 9.90. The Hall–Kier alpha value is -1.68. The molecule has 1 aliphatic rings. The molecule has 3 rings (SSSR count). The Morgan fingerprint density at radius 2 is 1.95 bits per heavy atom. The SMILES string of the molecule is Cc1nc2ccccc2nc1N1CCC(C)(CN)C1. The third-order valence-electron chi connectivity index (χ3n) is 4.07. The lowest BCUT2D eigenvalue weighted by molar-refractivity contribution is 0.383. The van der Waals surface area contributed by atoms with E-state index in [4.69, 9.17) is 10.7 Å². The molecule has 0 amide bonds. The predicted octanol–water partition coefficient (Wildman–Crippen LogP) is 2.11. The molecule has 1 unspecified atom stereocenters. The van der Waals surface area contributed by atoms with Crippen LogP contribution in [0.4, 0.5) is 5.82 Å². The summed E-state index contributed by atoms with van der Waals surface area (Å²) in [5, 5.41) is 0. The Balaban J connectivity index is 1.99. The number of hydrogen-bond donors (Lipinski definition) is 1. The highest BCUT2D eigenvalue weighted by Crippen LogP contribution is 2.32. The van der Waals surface area contributed by atoms with Crippen molar-refractivity contribution in [2.24, 2.45) is 11.1 Å². The summed E-state index contributed by atoms with van der Waals surface area (Å²) in [7, 11) is 0. The molecule has 1 aromatic heterocycles. The van der Waals surface area contributed by atoms with E-state index in [-0.39, 0.29) is 5.41 Å². The molecule has 1 fully saturated rings. The zero-order chi connectivity index (χ0) is 13.5. The molecule has 4 nitrogen and oxygen atoms in total. The number of para-hydroxylation sites is 2. The van der Waals surface area contributed by atoms with E-state index in [1.807, 2.05) is 31.2 Å². The normalized spacial score (nSPS) is 23.2. The monoisotopic (exact) mass is 256 g/mol. The first kappa shape index (κ1) is 12.4. The molecule has 0 bridgehead atoms. The average molecular weight is 256 g/mol. The van der Waals surface area contributed by atoms with Crippen LogP contribution in [0.3, 0.4) is 0 Å². The van der Waals surface area contributed by atoms with Crippen molar-refractivity contribution in [2.75, 3.05) is 24.5 Å². The van der Waals surface area contributed by atoms with Crippen molar-refractivity contribution >= 4 is 16.9 Å². The Labute approximate surface area is 113 Å². The maximum Gasteiger partial charge on any atom is 0.150 e. The summed E-state index contributed by atoms with van der Waals surface area (Å²) in [5.41, 5.74) is 9.01. The van der Waals surface area contributed by atoms with Gasteiger partial charge in [-0.25, -0.2) is 9.97 Å². The van der Waals surface area contributed by atoms with Gasteiger partial charge >= 0.3 is 0 Å². The molecule has 1 aromatic carbocycles. The van der Waals surface area contributed by atoms with Gasteiger partial charge in [-0.1, -0.05) is 19.1 Å². The summed E-state index contributed by atoms with van der Waals surface area (Å²) in [6.45, 7) is 6.99. The molecule has 4 heteroatoms. The molecule has 2 heterocycles. The topological polar surface area (TPSA) is 55.0 Å². The highest BCUT2D eigenvalue weighted by Gasteiger charge is 2.33. The second kappa shape index (κ2) is 4.46. The lowest BCUT2D eigenvalue weighted by Gasteiger charge is -2.24. The van der Waals surface area contributed by atoms with E-state index in [2.05, 4.69) is 16.8 Å². The van der Waals surface area contributed by atoms with E-state index in [0.717, 1.165) is 48.6 Å². The Bertz CT molecular complexity index is 610. The van der Waals surface area contributed by atoms with E-state index >= 15 is 0 Å². The van der Waals surface area contributed by atoms with Crippen molar-refractivity contribution < 1.29 is 0 Å². The van der Waals surface area contributed by atoms with Crippen LogP contribution in [0.1, 0.15) is 19.0 Å². The Kier molecular flexibility index (Phi) is 2.90. The zero-order valence-electron chi connectivity index (χ0n) is 11.6.